The zero-order valence-electron chi connectivity index (χ0n) is 16.2. The number of aryl methyl sites for hydroxylation is 1. The molecule has 0 radical (unpaired) electrons. The Balaban J connectivity index is 1.70. The lowest BCUT2D eigenvalue weighted by Crippen LogP contribution is -2.56. The molecule has 0 spiro atoms. The van der Waals surface area contributed by atoms with Gasteiger partial charge in [0.2, 0.25) is 0 Å². The molecule has 1 saturated heterocycles. The molecule has 2 fully saturated rings. The molecule has 1 aliphatic carbocycles. The highest BCUT2D eigenvalue weighted by atomic mass is 16.3. The molecule has 2 heterocycles. The van der Waals surface area contributed by atoms with Gasteiger partial charge in [-0.25, -0.2) is 0 Å². The molecule has 0 N–H and O–H groups in total. The first-order valence-corrected chi connectivity index (χ1v) is 9.70. The average molecular weight is 348 g/mol. The number of nitrogens with zero attached hydrogens (tertiary/aromatic N) is 3. The van der Waals surface area contributed by atoms with Crippen LogP contribution in [0.2, 0.25) is 0 Å². The van der Waals surface area contributed by atoms with Crippen LogP contribution in [0.15, 0.2) is 16.7 Å². The molecule has 1 aromatic rings. The number of likely N-dealkylation sites (N-methyl/N-ethyl adjacent to an activating group) is 2. The van der Waals surface area contributed by atoms with E-state index in [1.807, 2.05) is 24.9 Å². The minimum absolute atomic E-state index is 0.0885. The largest absolute Gasteiger partial charge is 0.469 e. The normalized spacial score (nSPS) is 26.1. The second-order valence-electron chi connectivity index (χ2n) is 7.98. The lowest BCUT2D eigenvalue weighted by Gasteiger charge is -2.46. The van der Waals surface area contributed by atoms with Crippen LogP contribution in [0.5, 0.6) is 0 Å². The van der Waals surface area contributed by atoms with E-state index in [0.717, 1.165) is 12.2 Å². The lowest BCUT2D eigenvalue weighted by molar-refractivity contribution is 0.0278. The summed E-state index contributed by atoms with van der Waals surface area (Å²) in [5.41, 5.74) is 0.672. The zero-order chi connectivity index (χ0) is 18.0. The third-order valence-corrected chi connectivity index (χ3v) is 6.28. The Bertz CT molecular complexity index is 577. The molecule has 2 atom stereocenters. The minimum atomic E-state index is 0.0885. The van der Waals surface area contributed by atoms with E-state index in [4.69, 9.17) is 4.42 Å². The van der Waals surface area contributed by atoms with Crippen molar-refractivity contribution in [3.8, 4) is 0 Å². The van der Waals surface area contributed by atoms with Gasteiger partial charge in [-0.2, -0.15) is 0 Å². The van der Waals surface area contributed by atoms with E-state index < -0.39 is 0 Å². The Kier molecular flexibility index (Phi) is 5.85. The molecule has 1 aromatic heterocycles. The van der Waals surface area contributed by atoms with Gasteiger partial charge in [0.15, 0.2) is 0 Å². The molecule has 0 bridgehead atoms. The quantitative estimate of drug-likeness (QED) is 0.839. The summed E-state index contributed by atoms with van der Waals surface area (Å²) in [4.78, 5) is 19.9. The predicted molar refractivity (Wildman–Crippen MR) is 99.9 cm³/mol. The van der Waals surface area contributed by atoms with Gasteiger partial charge in [-0.15, -0.1) is 0 Å². The van der Waals surface area contributed by atoms with Gasteiger partial charge < -0.3 is 14.2 Å². The summed E-state index contributed by atoms with van der Waals surface area (Å²) in [7, 11) is 6.45. The Morgan fingerprint density at radius 3 is 2.36 bits per heavy atom. The molecule has 1 amide bonds. The monoisotopic (exact) mass is 347 g/mol. The van der Waals surface area contributed by atoms with Gasteiger partial charge in [-0.05, 0) is 65.9 Å². The highest BCUT2D eigenvalue weighted by Gasteiger charge is 2.36. The molecule has 0 unspecified atom stereocenters. The lowest BCUT2D eigenvalue weighted by atomic mass is 9.86. The van der Waals surface area contributed by atoms with Gasteiger partial charge in [-0.1, -0.05) is 12.8 Å². The number of furan rings is 1. The van der Waals surface area contributed by atoms with Crippen LogP contribution in [0.4, 0.5) is 0 Å². The summed E-state index contributed by atoms with van der Waals surface area (Å²) >= 11 is 0. The maximum Gasteiger partial charge on any atom is 0.257 e. The Hall–Kier alpha value is -1.33. The Morgan fingerprint density at radius 2 is 1.76 bits per heavy atom. The molecule has 1 aliphatic heterocycles. The van der Waals surface area contributed by atoms with E-state index in [1.165, 1.54) is 45.2 Å². The Morgan fingerprint density at radius 1 is 1.12 bits per heavy atom. The summed E-state index contributed by atoms with van der Waals surface area (Å²) in [5, 5.41) is 0. The predicted octanol–water partition coefficient (Wildman–Crippen LogP) is 3.00. The fourth-order valence-electron chi connectivity index (χ4n) is 4.60. The van der Waals surface area contributed by atoms with E-state index in [1.54, 1.807) is 6.26 Å². The molecule has 0 aromatic carbocycles. The van der Waals surface area contributed by atoms with Crippen LogP contribution < -0.4 is 0 Å². The number of hydrogen-bond donors (Lipinski definition) is 0. The third kappa shape index (κ3) is 4.09. The molecule has 1 saturated carbocycles. The van der Waals surface area contributed by atoms with Gasteiger partial charge in [-0.3, -0.25) is 9.69 Å². The van der Waals surface area contributed by atoms with Crippen LogP contribution in [0.3, 0.4) is 0 Å². The van der Waals surface area contributed by atoms with Crippen molar-refractivity contribution in [2.24, 2.45) is 0 Å². The van der Waals surface area contributed by atoms with Crippen LogP contribution in [-0.4, -0.2) is 73.0 Å². The maximum absolute atomic E-state index is 12.9. The van der Waals surface area contributed by atoms with Crippen molar-refractivity contribution < 1.29 is 9.21 Å². The maximum atomic E-state index is 12.9. The second kappa shape index (κ2) is 7.92. The van der Waals surface area contributed by atoms with Crippen molar-refractivity contribution in [3.63, 3.8) is 0 Å². The number of rotatable bonds is 4. The molecule has 140 valence electrons. The van der Waals surface area contributed by atoms with Gasteiger partial charge in [0.1, 0.15) is 12.0 Å². The first-order chi connectivity index (χ1) is 12.0. The van der Waals surface area contributed by atoms with Crippen molar-refractivity contribution in [2.45, 2.75) is 63.6 Å². The highest BCUT2D eigenvalue weighted by molar-refractivity contribution is 5.94. The van der Waals surface area contributed by atoms with Crippen molar-refractivity contribution in [2.75, 3.05) is 34.2 Å². The standard InChI is InChI=1S/C20H33N3O2/c1-15-13-16(14-25-15)20(24)23(4)19-8-6-5-7-18(19)22(3)17-9-11-21(2)12-10-17/h13-14,17-19H,5-12H2,1-4H3/t18-,19+/m1/s1. The van der Waals surface area contributed by atoms with Gasteiger partial charge >= 0.3 is 0 Å². The van der Waals surface area contributed by atoms with Gasteiger partial charge in [0.05, 0.1) is 5.56 Å². The first kappa shape index (κ1) is 18.5. The fraction of sp³-hybridized carbons (Fsp3) is 0.750. The third-order valence-electron chi connectivity index (χ3n) is 6.28. The summed E-state index contributed by atoms with van der Waals surface area (Å²) in [6, 6.07) is 3.24. The summed E-state index contributed by atoms with van der Waals surface area (Å²) < 4.78 is 5.34. The molecule has 5 heteroatoms. The number of likely N-dealkylation sites (tertiary alicyclic amines) is 1. The average Bonchev–Trinajstić information content (AvgIpc) is 3.07. The van der Waals surface area contributed by atoms with E-state index in [2.05, 4.69) is 23.9 Å². The van der Waals surface area contributed by atoms with Crippen molar-refractivity contribution in [3.05, 3.63) is 23.7 Å². The van der Waals surface area contributed by atoms with Crippen LogP contribution in [-0.2, 0) is 0 Å². The van der Waals surface area contributed by atoms with E-state index in [9.17, 15) is 4.79 Å². The Labute approximate surface area is 151 Å². The van der Waals surface area contributed by atoms with Crippen LogP contribution in [0.1, 0.15) is 54.6 Å². The second-order valence-corrected chi connectivity index (χ2v) is 7.98. The van der Waals surface area contributed by atoms with E-state index >= 15 is 0 Å². The topological polar surface area (TPSA) is 39.9 Å². The first-order valence-electron chi connectivity index (χ1n) is 9.70. The van der Waals surface area contributed by atoms with Crippen LogP contribution in [0.25, 0.3) is 0 Å². The number of hydrogen-bond acceptors (Lipinski definition) is 4. The zero-order valence-corrected chi connectivity index (χ0v) is 16.2. The minimum Gasteiger partial charge on any atom is -0.469 e. The summed E-state index contributed by atoms with van der Waals surface area (Å²) in [6.07, 6.45) is 8.82. The van der Waals surface area contributed by atoms with E-state index in [-0.39, 0.29) is 5.91 Å². The fourth-order valence-corrected chi connectivity index (χ4v) is 4.60. The summed E-state index contributed by atoms with van der Waals surface area (Å²) in [6.45, 7) is 4.24. The summed E-state index contributed by atoms with van der Waals surface area (Å²) in [5.74, 6) is 0.880. The van der Waals surface area contributed by atoms with Crippen molar-refractivity contribution in [1.82, 2.24) is 14.7 Å². The molecule has 25 heavy (non-hydrogen) atoms. The van der Waals surface area contributed by atoms with Crippen molar-refractivity contribution >= 4 is 5.91 Å². The molecule has 2 aliphatic rings. The highest BCUT2D eigenvalue weighted by Crippen LogP contribution is 2.30. The smallest absolute Gasteiger partial charge is 0.257 e. The van der Waals surface area contributed by atoms with Gasteiger partial charge in [0, 0.05) is 25.2 Å². The van der Waals surface area contributed by atoms with E-state index in [0.29, 0.717) is 23.7 Å². The number of piperidine rings is 1. The van der Waals surface area contributed by atoms with Crippen LogP contribution >= 0.6 is 0 Å². The molecular formula is C20H33N3O2. The molecule has 3 rings (SSSR count). The SMILES string of the molecule is Cc1cc(C(=O)N(C)[C@H]2CCCC[C@H]2N(C)C2CCN(C)CC2)co1. The molecule has 5 nitrogen and oxygen atoms in total. The number of amides is 1. The van der Waals surface area contributed by atoms with Crippen molar-refractivity contribution in [1.29, 1.82) is 0 Å². The van der Waals surface area contributed by atoms with Crippen LogP contribution in [0, 0.1) is 6.92 Å². The molecular weight excluding hydrogens is 314 g/mol. The van der Waals surface area contributed by atoms with Gasteiger partial charge in [0.25, 0.3) is 5.91 Å². The number of carbonyl (C=O) groups is 1. The number of carbonyl (C=O) groups excluding carboxylic acids is 1.